The van der Waals surface area contributed by atoms with Gasteiger partial charge in [-0.3, -0.25) is 0 Å². The molecule has 32 heavy (non-hydrogen) atoms. The van der Waals surface area contributed by atoms with Crippen LogP contribution >= 0.6 is 34.5 Å². The number of aromatic nitrogens is 3. The Hall–Kier alpha value is -2.54. The Balaban J connectivity index is 1.44. The summed E-state index contributed by atoms with van der Waals surface area (Å²) in [6.45, 7) is 1.97. The third kappa shape index (κ3) is 4.10. The molecular weight excluding hydrogens is 463 g/mol. The van der Waals surface area contributed by atoms with Gasteiger partial charge in [-0.2, -0.15) is 0 Å². The molecule has 164 valence electrons. The van der Waals surface area contributed by atoms with Crippen LogP contribution in [0.3, 0.4) is 0 Å². The molecule has 1 unspecified atom stereocenters. The van der Waals surface area contributed by atoms with Crippen molar-refractivity contribution in [2.45, 2.75) is 32.1 Å². The van der Waals surface area contributed by atoms with Crippen LogP contribution in [0.25, 0.3) is 5.69 Å². The Bertz CT molecular complexity index is 1280. The van der Waals surface area contributed by atoms with Crippen molar-refractivity contribution in [3.63, 3.8) is 0 Å². The van der Waals surface area contributed by atoms with Gasteiger partial charge in [0.2, 0.25) is 0 Å². The van der Waals surface area contributed by atoms with E-state index in [1.54, 1.807) is 24.8 Å². The molecule has 8 heteroatoms. The van der Waals surface area contributed by atoms with Crippen LogP contribution in [0.5, 0.6) is 5.75 Å². The summed E-state index contributed by atoms with van der Waals surface area (Å²) in [5.74, 6) is 0.926. The average molecular weight is 485 g/mol. The quantitative estimate of drug-likeness (QED) is 0.326. The molecule has 0 saturated heterocycles. The zero-order chi connectivity index (χ0) is 22.2. The van der Waals surface area contributed by atoms with Gasteiger partial charge in [0.25, 0.3) is 0 Å². The number of nitrogens with zero attached hydrogens (tertiary/aromatic N) is 3. The van der Waals surface area contributed by atoms with Crippen LogP contribution in [0.15, 0.2) is 48.9 Å². The molecule has 2 heterocycles. The Morgan fingerprint density at radius 3 is 2.84 bits per heavy atom. The minimum absolute atomic E-state index is 0.165. The number of thiazole rings is 1. The fraction of sp³-hybridized carbons (Fsp3) is 0.250. The molecular formula is C24H22Cl2N4OS. The summed E-state index contributed by atoms with van der Waals surface area (Å²) in [6.07, 6.45) is 6.92. The topological polar surface area (TPSA) is 52.0 Å². The van der Waals surface area contributed by atoms with E-state index in [-0.39, 0.29) is 5.92 Å². The predicted octanol–water partition coefficient (Wildman–Crippen LogP) is 7.16. The van der Waals surface area contributed by atoms with E-state index in [0.717, 1.165) is 63.5 Å². The number of hydrogen-bond donors (Lipinski definition) is 1. The highest BCUT2D eigenvalue weighted by molar-refractivity contribution is 7.15. The van der Waals surface area contributed by atoms with Gasteiger partial charge in [0, 0.05) is 38.8 Å². The fourth-order valence-corrected chi connectivity index (χ4v) is 5.72. The van der Waals surface area contributed by atoms with Crippen molar-refractivity contribution in [2.75, 3.05) is 12.4 Å². The molecule has 0 radical (unpaired) electrons. The maximum Gasteiger partial charge on any atom is 0.187 e. The molecule has 5 nitrogen and oxygen atoms in total. The van der Waals surface area contributed by atoms with E-state index in [4.69, 9.17) is 32.9 Å². The summed E-state index contributed by atoms with van der Waals surface area (Å²) in [6, 6.07) is 11.7. The monoisotopic (exact) mass is 484 g/mol. The number of nitrogens with one attached hydrogen (secondary N) is 1. The smallest absolute Gasteiger partial charge is 0.187 e. The molecule has 5 rings (SSSR count). The van der Waals surface area contributed by atoms with Gasteiger partial charge in [0.05, 0.1) is 30.5 Å². The molecule has 1 atom stereocenters. The molecule has 0 saturated carbocycles. The van der Waals surface area contributed by atoms with Crippen LogP contribution in [0, 0.1) is 6.92 Å². The first-order valence-corrected chi connectivity index (χ1v) is 12.0. The normalized spacial score (nSPS) is 15.4. The number of methoxy groups -OCH3 is 1. The van der Waals surface area contributed by atoms with Gasteiger partial charge in [-0.25, -0.2) is 9.97 Å². The van der Waals surface area contributed by atoms with Crippen molar-refractivity contribution in [3.8, 4) is 11.4 Å². The van der Waals surface area contributed by atoms with Gasteiger partial charge in [-0.05, 0) is 62.1 Å². The number of imidazole rings is 1. The zero-order valence-corrected chi connectivity index (χ0v) is 20.1. The number of ether oxygens (including phenoxy) is 1. The molecule has 0 amide bonds. The third-order valence-corrected chi connectivity index (χ3v) is 7.33. The van der Waals surface area contributed by atoms with E-state index < -0.39 is 0 Å². The molecule has 0 bridgehead atoms. The average Bonchev–Trinajstić information content (AvgIpc) is 3.40. The highest BCUT2D eigenvalue weighted by Gasteiger charge is 2.28. The van der Waals surface area contributed by atoms with Crippen LogP contribution in [0.2, 0.25) is 10.0 Å². The molecule has 4 aromatic rings. The standard InChI is InChI=1S/C24H22Cl2N4OS/c1-14-12-30(13-27-14)20-9-7-16(11-21(20)31-2)28-24-29-23-17(4-3-5-22(23)32-24)18-10-15(25)6-8-19(18)26/h6-13,17H,3-5H2,1-2H3,(H,28,29). The van der Waals surface area contributed by atoms with Crippen molar-refractivity contribution >= 4 is 45.4 Å². The summed E-state index contributed by atoms with van der Waals surface area (Å²) < 4.78 is 7.59. The first-order chi connectivity index (χ1) is 15.5. The number of aryl methyl sites for hydroxylation is 2. The molecule has 1 aliphatic rings. The summed E-state index contributed by atoms with van der Waals surface area (Å²) in [4.78, 5) is 10.6. The van der Waals surface area contributed by atoms with Crippen LogP contribution in [-0.2, 0) is 6.42 Å². The highest BCUT2D eigenvalue weighted by atomic mass is 35.5. The Labute approximate surface area is 201 Å². The summed E-state index contributed by atoms with van der Waals surface area (Å²) >= 11 is 14.5. The van der Waals surface area contributed by atoms with Crippen LogP contribution < -0.4 is 10.1 Å². The molecule has 0 fully saturated rings. The van der Waals surface area contributed by atoms with Crippen molar-refractivity contribution in [2.24, 2.45) is 0 Å². The second-order valence-corrected chi connectivity index (χ2v) is 9.80. The minimum Gasteiger partial charge on any atom is -0.494 e. The number of benzene rings is 2. The SMILES string of the molecule is COc1cc(Nc2nc3c(s2)CCCC3c2cc(Cl)ccc2Cl)ccc1-n1cnc(C)c1. The number of anilines is 2. The van der Waals surface area contributed by atoms with Gasteiger partial charge in [-0.1, -0.05) is 23.2 Å². The summed E-state index contributed by atoms with van der Waals surface area (Å²) in [5.41, 5.74) is 4.97. The van der Waals surface area contributed by atoms with E-state index in [9.17, 15) is 0 Å². The minimum atomic E-state index is 0.165. The third-order valence-electron chi connectivity index (χ3n) is 5.71. The van der Waals surface area contributed by atoms with Crippen molar-refractivity contribution < 1.29 is 4.74 Å². The zero-order valence-electron chi connectivity index (χ0n) is 17.7. The van der Waals surface area contributed by atoms with E-state index in [1.165, 1.54) is 4.88 Å². The Morgan fingerprint density at radius 2 is 2.06 bits per heavy atom. The largest absolute Gasteiger partial charge is 0.494 e. The maximum absolute atomic E-state index is 6.51. The molecule has 0 spiro atoms. The van der Waals surface area contributed by atoms with Gasteiger partial charge in [-0.15, -0.1) is 11.3 Å². The number of hydrogen-bond acceptors (Lipinski definition) is 5. The lowest BCUT2D eigenvalue weighted by molar-refractivity contribution is 0.413. The number of fused-ring (bicyclic) bond motifs is 1. The number of halogens is 2. The molecule has 2 aromatic heterocycles. The Kier molecular flexibility index (Phi) is 5.84. The van der Waals surface area contributed by atoms with Crippen LogP contribution in [-0.4, -0.2) is 21.6 Å². The maximum atomic E-state index is 6.51. The lowest BCUT2D eigenvalue weighted by atomic mass is 9.85. The first kappa shape index (κ1) is 21.3. The summed E-state index contributed by atoms with van der Waals surface area (Å²) in [5, 5.41) is 5.77. The van der Waals surface area contributed by atoms with Crippen molar-refractivity contribution in [3.05, 3.63) is 80.8 Å². The van der Waals surface area contributed by atoms with E-state index in [2.05, 4.69) is 10.3 Å². The Morgan fingerprint density at radius 1 is 1.19 bits per heavy atom. The van der Waals surface area contributed by atoms with E-state index in [0.29, 0.717) is 5.02 Å². The molecule has 0 aliphatic heterocycles. The second-order valence-electron chi connectivity index (χ2n) is 7.87. The lowest BCUT2D eigenvalue weighted by Gasteiger charge is -2.22. The summed E-state index contributed by atoms with van der Waals surface area (Å²) in [7, 11) is 1.67. The van der Waals surface area contributed by atoms with E-state index in [1.807, 2.05) is 54.1 Å². The first-order valence-electron chi connectivity index (χ1n) is 10.4. The van der Waals surface area contributed by atoms with Gasteiger partial charge in [0.15, 0.2) is 5.13 Å². The highest BCUT2D eigenvalue weighted by Crippen LogP contribution is 2.43. The van der Waals surface area contributed by atoms with Gasteiger partial charge in [0.1, 0.15) is 5.75 Å². The van der Waals surface area contributed by atoms with E-state index >= 15 is 0 Å². The fourth-order valence-electron chi connectivity index (χ4n) is 4.20. The number of rotatable bonds is 5. The lowest BCUT2D eigenvalue weighted by Crippen LogP contribution is -2.10. The van der Waals surface area contributed by atoms with Gasteiger partial charge < -0.3 is 14.6 Å². The van der Waals surface area contributed by atoms with Crippen molar-refractivity contribution in [1.82, 2.24) is 14.5 Å². The van der Waals surface area contributed by atoms with Crippen LogP contribution in [0.4, 0.5) is 10.8 Å². The van der Waals surface area contributed by atoms with Gasteiger partial charge >= 0.3 is 0 Å². The second kappa shape index (κ2) is 8.77. The molecule has 1 aliphatic carbocycles. The predicted molar refractivity (Wildman–Crippen MR) is 131 cm³/mol. The van der Waals surface area contributed by atoms with Crippen LogP contribution in [0.1, 0.15) is 40.6 Å². The molecule has 1 N–H and O–H groups in total. The van der Waals surface area contributed by atoms with Crippen molar-refractivity contribution in [1.29, 1.82) is 0 Å². The molecule has 2 aromatic carbocycles.